The first kappa shape index (κ1) is 11.0. The highest BCUT2D eigenvalue weighted by atomic mass is 32.2. The van der Waals surface area contributed by atoms with E-state index in [0.29, 0.717) is 11.5 Å². The van der Waals surface area contributed by atoms with Gasteiger partial charge in [0, 0.05) is 6.04 Å². The Morgan fingerprint density at radius 1 is 1.53 bits per heavy atom. The summed E-state index contributed by atoms with van der Waals surface area (Å²) in [5.74, 6) is 2.75. The highest BCUT2D eigenvalue weighted by molar-refractivity contribution is 7.99. The van der Waals surface area contributed by atoms with Crippen molar-refractivity contribution in [2.45, 2.75) is 19.4 Å². The van der Waals surface area contributed by atoms with Crippen LogP contribution in [0.1, 0.15) is 23.6 Å². The highest BCUT2D eigenvalue weighted by Gasteiger charge is 2.23. The summed E-state index contributed by atoms with van der Waals surface area (Å²) in [4.78, 5) is 0. The van der Waals surface area contributed by atoms with Gasteiger partial charge in [0.2, 0.25) is 0 Å². The van der Waals surface area contributed by atoms with Gasteiger partial charge in [-0.3, -0.25) is 0 Å². The van der Waals surface area contributed by atoms with Crippen molar-refractivity contribution in [1.82, 2.24) is 0 Å². The minimum absolute atomic E-state index is 0.0688. The Morgan fingerprint density at radius 2 is 2.33 bits per heavy atom. The molecule has 1 heterocycles. The molecule has 1 aliphatic rings. The average Bonchev–Trinajstić information content (AvgIpc) is 2.74. The Labute approximate surface area is 94.2 Å². The van der Waals surface area contributed by atoms with Crippen LogP contribution in [0.25, 0.3) is 0 Å². The number of benzene rings is 1. The zero-order chi connectivity index (χ0) is 10.8. The van der Waals surface area contributed by atoms with E-state index in [1.807, 2.05) is 23.9 Å². The van der Waals surface area contributed by atoms with Crippen molar-refractivity contribution in [3.05, 3.63) is 35.1 Å². The quantitative estimate of drug-likeness (QED) is 0.837. The zero-order valence-electron chi connectivity index (χ0n) is 8.87. The molecule has 0 spiro atoms. The van der Waals surface area contributed by atoms with Crippen LogP contribution in [-0.4, -0.2) is 11.5 Å². The summed E-state index contributed by atoms with van der Waals surface area (Å²) in [5.41, 5.74) is 7.94. The van der Waals surface area contributed by atoms with Crippen LogP contribution in [0.4, 0.5) is 4.39 Å². The van der Waals surface area contributed by atoms with Gasteiger partial charge in [-0.1, -0.05) is 12.1 Å². The summed E-state index contributed by atoms with van der Waals surface area (Å²) in [6.45, 7) is 1.79. The maximum atomic E-state index is 13.1. The van der Waals surface area contributed by atoms with Gasteiger partial charge in [-0.25, -0.2) is 4.39 Å². The topological polar surface area (TPSA) is 26.0 Å². The lowest BCUT2D eigenvalue weighted by molar-refractivity contribution is 0.481. The summed E-state index contributed by atoms with van der Waals surface area (Å²) in [6.07, 6.45) is 1.18. The molecule has 0 aliphatic carbocycles. The maximum absolute atomic E-state index is 13.1. The van der Waals surface area contributed by atoms with Crippen molar-refractivity contribution in [2.75, 3.05) is 11.5 Å². The van der Waals surface area contributed by atoms with Crippen LogP contribution in [0, 0.1) is 18.7 Å². The summed E-state index contributed by atoms with van der Waals surface area (Å²) in [5, 5.41) is 0. The number of hydrogen-bond acceptors (Lipinski definition) is 2. The molecular formula is C12H16FNS. The second-order valence-electron chi connectivity index (χ2n) is 4.16. The highest BCUT2D eigenvalue weighted by Crippen LogP contribution is 2.32. The van der Waals surface area contributed by atoms with Crippen LogP contribution in [0.15, 0.2) is 18.2 Å². The molecule has 0 bridgehead atoms. The fourth-order valence-electron chi connectivity index (χ4n) is 1.98. The van der Waals surface area contributed by atoms with Crippen LogP contribution >= 0.6 is 11.8 Å². The molecule has 2 unspecified atom stereocenters. The molecule has 1 aromatic rings. The molecule has 15 heavy (non-hydrogen) atoms. The van der Waals surface area contributed by atoms with Crippen molar-refractivity contribution in [1.29, 1.82) is 0 Å². The largest absolute Gasteiger partial charge is 0.324 e. The number of halogens is 1. The van der Waals surface area contributed by atoms with Gasteiger partial charge in [-0.15, -0.1) is 0 Å². The van der Waals surface area contributed by atoms with Crippen molar-refractivity contribution in [3.8, 4) is 0 Å². The van der Waals surface area contributed by atoms with Crippen LogP contribution in [0.5, 0.6) is 0 Å². The Balaban J connectivity index is 2.17. The van der Waals surface area contributed by atoms with Crippen molar-refractivity contribution in [3.63, 3.8) is 0 Å². The third kappa shape index (κ3) is 2.34. The van der Waals surface area contributed by atoms with E-state index in [0.717, 1.165) is 11.3 Å². The Morgan fingerprint density at radius 3 is 2.93 bits per heavy atom. The Hall–Kier alpha value is -0.540. The molecule has 0 aromatic heterocycles. The molecular weight excluding hydrogens is 209 g/mol. The van der Waals surface area contributed by atoms with E-state index in [4.69, 9.17) is 5.73 Å². The third-order valence-electron chi connectivity index (χ3n) is 3.04. The van der Waals surface area contributed by atoms with Crippen molar-refractivity contribution >= 4 is 11.8 Å². The average molecular weight is 225 g/mol. The second kappa shape index (κ2) is 4.54. The summed E-state index contributed by atoms with van der Waals surface area (Å²) < 4.78 is 13.1. The van der Waals surface area contributed by atoms with E-state index in [2.05, 4.69) is 0 Å². The number of rotatable bonds is 2. The molecule has 1 saturated heterocycles. The molecule has 2 N–H and O–H groups in total. The van der Waals surface area contributed by atoms with Gasteiger partial charge in [0.1, 0.15) is 5.82 Å². The molecule has 1 aromatic carbocycles. The Kier molecular flexibility index (Phi) is 3.32. The fraction of sp³-hybridized carbons (Fsp3) is 0.500. The maximum Gasteiger partial charge on any atom is 0.126 e. The molecule has 1 aliphatic heterocycles. The van der Waals surface area contributed by atoms with E-state index in [1.165, 1.54) is 18.2 Å². The van der Waals surface area contributed by atoms with Crippen molar-refractivity contribution in [2.24, 2.45) is 11.7 Å². The molecule has 2 atom stereocenters. The summed E-state index contributed by atoms with van der Waals surface area (Å²) >= 11 is 1.96. The first-order chi connectivity index (χ1) is 7.18. The smallest absolute Gasteiger partial charge is 0.126 e. The van der Waals surface area contributed by atoms with Gasteiger partial charge in [-0.05, 0) is 48.0 Å². The van der Waals surface area contributed by atoms with E-state index in [9.17, 15) is 4.39 Å². The van der Waals surface area contributed by atoms with Gasteiger partial charge >= 0.3 is 0 Å². The molecule has 3 heteroatoms. The van der Waals surface area contributed by atoms with Crippen LogP contribution < -0.4 is 5.73 Å². The number of hydrogen-bond donors (Lipinski definition) is 1. The SMILES string of the molecule is Cc1cc(C(N)C2CCSC2)ccc1F. The standard InChI is InChI=1S/C12H16FNS/c1-8-6-9(2-3-11(8)13)12(14)10-4-5-15-7-10/h2-3,6,10,12H,4-5,7,14H2,1H3. The first-order valence-electron chi connectivity index (χ1n) is 5.28. The molecule has 1 nitrogen and oxygen atoms in total. The number of thioether (sulfide) groups is 1. The Bertz CT molecular complexity index is 347. The van der Waals surface area contributed by atoms with E-state index in [-0.39, 0.29) is 11.9 Å². The minimum atomic E-state index is -0.147. The van der Waals surface area contributed by atoms with Gasteiger partial charge in [0.15, 0.2) is 0 Å². The van der Waals surface area contributed by atoms with Crippen LogP contribution in [0.3, 0.4) is 0 Å². The molecule has 0 saturated carbocycles. The van der Waals surface area contributed by atoms with E-state index < -0.39 is 0 Å². The molecule has 2 rings (SSSR count). The van der Waals surface area contributed by atoms with Gasteiger partial charge < -0.3 is 5.73 Å². The normalized spacial score (nSPS) is 23.0. The van der Waals surface area contributed by atoms with E-state index in [1.54, 1.807) is 6.92 Å². The van der Waals surface area contributed by atoms with Gasteiger partial charge in [0.25, 0.3) is 0 Å². The minimum Gasteiger partial charge on any atom is -0.324 e. The predicted molar refractivity (Wildman–Crippen MR) is 63.5 cm³/mol. The monoisotopic (exact) mass is 225 g/mol. The number of nitrogens with two attached hydrogens (primary N) is 1. The first-order valence-corrected chi connectivity index (χ1v) is 6.43. The summed E-state index contributed by atoms with van der Waals surface area (Å²) in [6, 6.07) is 5.28. The zero-order valence-corrected chi connectivity index (χ0v) is 9.69. The van der Waals surface area contributed by atoms with Crippen molar-refractivity contribution < 1.29 is 4.39 Å². The van der Waals surface area contributed by atoms with E-state index >= 15 is 0 Å². The van der Waals surface area contributed by atoms with Gasteiger partial charge in [-0.2, -0.15) is 11.8 Å². The lowest BCUT2D eigenvalue weighted by Crippen LogP contribution is -2.21. The second-order valence-corrected chi connectivity index (χ2v) is 5.31. The lowest BCUT2D eigenvalue weighted by Gasteiger charge is -2.19. The molecule has 0 amide bonds. The third-order valence-corrected chi connectivity index (χ3v) is 4.23. The van der Waals surface area contributed by atoms with Crippen LogP contribution in [-0.2, 0) is 0 Å². The molecule has 82 valence electrons. The molecule has 1 fully saturated rings. The predicted octanol–water partition coefficient (Wildman–Crippen LogP) is 2.89. The van der Waals surface area contributed by atoms with Crippen LogP contribution in [0.2, 0.25) is 0 Å². The fourth-order valence-corrected chi connectivity index (χ4v) is 3.30. The van der Waals surface area contributed by atoms with Gasteiger partial charge in [0.05, 0.1) is 0 Å². The lowest BCUT2D eigenvalue weighted by atomic mass is 9.92. The molecule has 0 radical (unpaired) electrons. The number of aryl methyl sites for hydroxylation is 1. The summed E-state index contributed by atoms with van der Waals surface area (Å²) in [7, 11) is 0.